The number of aliphatic hydroxyl groups excluding tert-OH is 2. The third kappa shape index (κ3) is 19.4. The van der Waals surface area contributed by atoms with Crippen molar-refractivity contribution in [2.45, 2.75) is 86.9 Å². The maximum absolute atomic E-state index is 10.7. The molecule has 0 amide bonds. The molecule has 2 fully saturated rings. The van der Waals surface area contributed by atoms with Crippen LogP contribution in [0.3, 0.4) is 0 Å². The molecule has 0 radical (unpaired) electrons. The Morgan fingerprint density at radius 2 is 1.32 bits per heavy atom. The van der Waals surface area contributed by atoms with Gasteiger partial charge < -0.3 is 42.0 Å². The average Bonchev–Trinajstić information content (AvgIpc) is 4.05. The number of rotatable bonds is 7. The normalized spacial score (nSPS) is 19.6. The molecule has 14 nitrogen and oxygen atoms in total. The van der Waals surface area contributed by atoms with Crippen molar-refractivity contribution in [2.75, 3.05) is 46.6 Å². The van der Waals surface area contributed by atoms with Crippen molar-refractivity contribution in [3.8, 4) is 0 Å². The van der Waals surface area contributed by atoms with Crippen molar-refractivity contribution in [1.82, 2.24) is 25.3 Å². The fraction of sp³-hybridized carbons (Fsp3) is 0.467. The van der Waals surface area contributed by atoms with Crippen molar-refractivity contribution in [3.05, 3.63) is 116 Å². The molecule has 65 heavy (non-hydrogen) atoms. The van der Waals surface area contributed by atoms with Crippen LogP contribution in [0.1, 0.15) is 75.9 Å². The summed E-state index contributed by atoms with van der Waals surface area (Å²) in [6.45, 7) is 17.3. The van der Waals surface area contributed by atoms with Crippen LogP contribution in [0.25, 0.3) is 11.6 Å². The van der Waals surface area contributed by atoms with E-state index in [-0.39, 0.29) is 21.1 Å². The second kappa shape index (κ2) is 31.3. The predicted octanol–water partition coefficient (Wildman–Crippen LogP) is 6.17. The summed E-state index contributed by atoms with van der Waals surface area (Å²) in [6, 6.07) is 8.96. The van der Waals surface area contributed by atoms with Gasteiger partial charge in [-0.2, -0.15) is 0 Å². The molecule has 2 saturated heterocycles. The van der Waals surface area contributed by atoms with Gasteiger partial charge in [0.25, 0.3) is 0 Å². The Hall–Kier alpha value is -0.996. The molecular formula is C45H65I4N8O6PV. The van der Waals surface area contributed by atoms with Gasteiger partial charge in [-0.05, 0) is 111 Å². The first-order valence-electron chi connectivity index (χ1n) is 20.5. The standard InChI is InChI=1S/C22H28N4O.C14H21NO.C7H7N3.CH2I2.CH4.2HI.HO4P.V.H2/c1-13-6-14(2)19(15(3)7-13)8-17-10-26(11-20(17)27)9-16-4-5-18-21(16)24-12-25-22(18)23;1-9-4-10(2)13(11(3)5-9)6-12-7-15-8-14(12)16;8-7-5-2-1-3-6(5)9-4-10-7;2-1-3;;;;1-4-5(2)3;;/h4,6-7,12,17,20,27H,5,8-11H2,1-3H3,(H2,23,24,25);4-5,12,14-16H,6-8H2,1-3H3;1,3-4H,2H2,(H2,8,9,10);1H2;1H4;2*1H;1H;;1H/q;;;;;;;;+2;/p-2/t17-,20-;12-,14-;;;;;;;;/m00......../s1. The Morgan fingerprint density at radius 1 is 0.831 bits per heavy atom. The molecule has 2 aliphatic carbocycles. The van der Waals surface area contributed by atoms with Gasteiger partial charge in [-0.15, -0.1) is 0 Å². The SMILES string of the molecule is C.Cc1cc(C)c(C[C@H]2CNC[C@@H]2O)c(C)c1.Cc1cc(C)c(C[C@H]2C[NH+](CC3=CCc4c(N)ncnc43)C[C@@H]2O)c(C)c1.ICI.Nc1ncnc2c1CC=C2.O=[P+]([O-])O[O-].[HH].[I][V][I]. The molecule has 2 unspecified atom stereocenters. The van der Waals surface area contributed by atoms with Crippen LogP contribution >= 0.6 is 93.4 Å². The van der Waals surface area contributed by atoms with Crippen molar-refractivity contribution in [1.29, 1.82) is 0 Å². The van der Waals surface area contributed by atoms with E-state index < -0.39 is 8.25 Å². The Labute approximate surface area is 444 Å². The van der Waals surface area contributed by atoms with Gasteiger partial charge in [0.1, 0.15) is 43.5 Å². The number of aliphatic hydroxyl groups is 2. The molecular weight excluding hydrogens is 1340 g/mol. The van der Waals surface area contributed by atoms with Crippen LogP contribution < -0.4 is 31.8 Å². The summed E-state index contributed by atoms with van der Waals surface area (Å²) in [5.74, 6) is 1.87. The fourth-order valence-corrected chi connectivity index (χ4v) is 8.65. The number of hydrogen-bond donors (Lipinski definition) is 6. The molecule has 359 valence electrons. The van der Waals surface area contributed by atoms with E-state index in [0.717, 1.165) is 80.9 Å². The molecule has 0 spiro atoms. The average molecular weight is 1400 g/mol. The van der Waals surface area contributed by atoms with Crippen LogP contribution in [0.15, 0.2) is 49.1 Å². The summed E-state index contributed by atoms with van der Waals surface area (Å²) in [5, 5.41) is 32.3. The first kappa shape index (κ1) is 60.1. The number of alkyl halides is 2. The summed E-state index contributed by atoms with van der Waals surface area (Å²) in [5.41, 5.74) is 27.7. The van der Waals surface area contributed by atoms with Gasteiger partial charge in [0, 0.05) is 43.1 Å². The summed E-state index contributed by atoms with van der Waals surface area (Å²) >= 11 is 9.29. The molecule has 2 aromatic heterocycles. The van der Waals surface area contributed by atoms with Gasteiger partial charge in [0.05, 0.1) is 26.5 Å². The number of β-amino-alcohol motifs (C(OH)–C–C–N with tert-alkyl or cyclic N) is 1. The van der Waals surface area contributed by atoms with Gasteiger partial charge in [-0.1, -0.05) is 100 Å². The Bertz CT molecular complexity index is 2170. The molecule has 4 aliphatic rings. The van der Waals surface area contributed by atoms with Gasteiger partial charge in [0.15, 0.2) is 0 Å². The first-order chi connectivity index (χ1) is 30.5. The van der Waals surface area contributed by atoms with Crippen LogP contribution in [0.2, 0.25) is 0 Å². The van der Waals surface area contributed by atoms with Crippen molar-refractivity contribution in [3.63, 3.8) is 0 Å². The molecule has 4 heterocycles. The summed E-state index contributed by atoms with van der Waals surface area (Å²) in [7, 11) is -2.53. The van der Waals surface area contributed by atoms with Crippen LogP contribution in [-0.4, -0.2) is 77.5 Å². The second-order valence-electron chi connectivity index (χ2n) is 16.0. The number of nitrogens with zero attached hydrogens (tertiary/aromatic N) is 4. The molecule has 2 aliphatic heterocycles. The van der Waals surface area contributed by atoms with Crippen LogP contribution in [0.5, 0.6) is 0 Å². The fourth-order valence-electron chi connectivity index (χ4n) is 8.65. The van der Waals surface area contributed by atoms with E-state index in [1.54, 1.807) is 6.33 Å². The maximum atomic E-state index is 10.7. The number of allylic oxidation sites excluding steroid dienone is 2. The molecule has 4 aromatic rings. The van der Waals surface area contributed by atoms with E-state index in [4.69, 9.17) is 26.2 Å². The molecule has 6 atom stereocenters. The van der Waals surface area contributed by atoms with Crippen LogP contribution in [0.4, 0.5) is 11.6 Å². The number of halogens is 4. The number of fused-ring (bicyclic) bond motifs is 2. The van der Waals surface area contributed by atoms with Crippen LogP contribution in [0, 0.1) is 53.4 Å². The third-order valence-electron chi connectivity index (χ3n) is 11.5. The number of hydrogen-bond acceptors (Lipinski definition) is 13. The number of nitrogens with two attached hydrogens (primary N) is 2. The second-order valence-corrected chi connectivity index (χ2v) is 32.9. The van der Waals surface area contributed by atoms with E-state index in [0.29, 0.717) is 32.9 Å². The van der Waals surface area contributed by atoms with E-state index in [9.17, 15) is 10.2 Å². The number of nitrogens with one attached hydrogen (secondary N) is 2. The van der Waals surface area contributed by atoms with E-state index in [1.807, 2.05) is 12.2 Å². The monoisotopic (exact) mass is 1400 g/mol. The number of nitrogen functional groups attached to an aromatic ring is 2. The molecule has 8 rings (SSSR count). The number of quaternary nitrogens is 1. The molecule has 20 heteroatoms. The topological polar surface area (TPSA) is 233 Å². The summed E-state index contributed by atoms with van der Waals surface area (Å²) < 4.78 is 12.5. The van der Waals surface area contributed by atoms with Gasteiger partial charge in [0.2, 0.25) is 0 Å². The zero-order valence-corrected chi connectivity index (χ0v) is 47.9. The number of anilines is 2. The molecule has 0 bridgehead atoms. The van der Waals surface area contributed by atoms with Gasteiger partial charge in [-0.25, -0.2) is 24.6 Å². The summed E-state index contributed by atoms with van der Waals surface area (Å²) in [6.07, 6.45) is 12.5. The Kier molecular flexibility index (Phi) is 28.9. The number of aromatic nitrogens is 4. The number of benzene rings is 2. The number of aryl methyl sites for hydroxylation is 6. The minimum atomic E-state index is -3.15. The summed E-state index contributed by atoms with van der Waals surface area (Å²) in [4.78, 5) is 26.8. The minimum absolute atomic E-state index is 0. The molecule has 8 N–H and O–H groups in total. The zero-order valence-electron chi connectivity index (χ0n) is 37.0. The van der Waals surface area contributed by atoms with E-state index >= 15 is 0 Å². The Morgan fingerprint density at radius 3 is 1.80 bits per heavy atom. The predicted molar refractivity (Wildman–Crippen MR) is 292 cm³/mol. The Balaban J connectivity index is 0.000000473. The zero-order chi connectivity index (χ0) is 47.5. The molecule has 0 saturated carbocycles. The van der Waals surface area contributed by atoms with Crippen molar-refractivity contribution in [2.24, 2.45) is 11.8 Å². The van der Waals surface area contributed by atoms with Crippen molar-refractivity contribution < 1.29 is 45.4 Å². The first-order valence-corrected chi connectivity index (χ1v) is 33.7. The van der Waals surface area contributed by atoms with Crippen molar-refractivity contribution >= 4 is 117 Å². The van der Waals surface area contributed by atoms with E-state index in [2.05, 4.69) is 187 Å². The third-order valence-corrected chi connectivity index (χ3v) is 11.6. The molecule has 2 aromatic carbocycles. The van der Waals surface area contributed by atoms with Gasteiger partial charge in [-0.3, -0.25) is 0 Å². The van der Waals surface area contributed by atoms with E-state index in [1.165, 1.54) is 63.7 Å². The van der Waals surface area contributed by atoms with Gasteiger partial charge >= 0.3 is 57.7 Å². The quantitative estimate of drug-likeness (QED) is 0.0401. The number of likely N-dealkylation sites (tertiary alicyclic amines) is 1. The van der Waals surface area contributed by atoms with Crippen LogP contribution in [-0.2, 0) is 44.4 Å².